The summed E-state index contributed by atoms with van der Waals surface area (Å²) in [4.78, 5) is 0. The average Bonchev–Trinajstić information content (AvgIpc) is 4.24. The van der Waals surface area contributed by atoms with Crippen molar-refractivity contribution in [2.24, 2.45) is 0 Å². The van der Waals surface area contributed by atoms with E-state index in [1.165, 1.54) is 69.4 Å². The number of nitrogens with zero attached hydrogens (tertiary/aromatic N) is 3. The van der Waals surface area contributed by atoms with Gasteiger partial charge in [-0.15, -0.1) is 0 Å². The molecule has 4 heteroatoms. The largest absolute Gasteiger partial charge is 0.309 e. The second-order valence-electron chi connectivity index (χ2n) is 25.5. The third-order valence-corrected chi connectivity index (χ3v) is 16.5. The average molecular weight is 1120 g/mol. The summed E-state index contributed by atoms with van der Waals surface area (Å²) in [7, 11) is 0. The quantitative estimate of drug-likeness (QED) is 0.124. The first-order valence-corrected chi connectivity index (χ1v) is 28.4. The smallest absolute Gasteiger partial charge is 0.0541 e. The molecule has 0 N–H and O–H groups in total. The summed E-state index contributed by atoms with van der Waals surface area (Å²) in [6.45, 7) is 27.5. The van der Waals surface area contributed by atoms with Crippen LogP contribution in [0.2, 0.25) is 0 Å². The number of benzene rings is 9. The first-order valence-electron chi connectivity index (χ1n) is 27.3. The van der Waals surface area contributed by atoms with E-state index in [2.05, 4.69) is 325 Å². The Bertz CT molecular complexity index is 4090. The van der Waals surface area contributed by atoms with E-state index in [0.29, 0.717) is 0 Å². The minimum Gasteiger partial charge on any atom is -0.309 e. The van der Waals surface area contributed by atoms with Gasteiger partial charge in [-0.1, -0.05) is 131 Å². The van der Waals surface area contributed by atoms with Gasteiger partial charge >= 0.3 is 0 Å². The molecule has 0 saturated heterocycles. The van der Waals surface area contributed by atoms with Gasteiger partial charge in [0.05, 0.1) is 33.1 Å². The van der Waals surface area contributed by atoms with Crippen LogP contribution < -0.4 is 0 Å². The number of aromatic nitrogens is 3. The van der Waals surface area contributed by atoms with Crippen LogP contribution >= 0.6 is 22.6 Å². The molecule has 0 atom stereocenters. The maximum atomic E-state index is 3.54. The molecular formula is C74H66IN3. The van der Waals surface area contributed by atoms with Crippen molar-refractivity contribution in [1.29, 1.82) is 0 Å². The molecule has 3 heterocycles. The number of halogens is 1. The third kappa shape index (κ3) is 9.29. The van der Waals surface area contributed by atoms with E-state index >= 15 is 0 Å². The highest BCUT2D eigenvalue weighted by Crippen LogP contribution is 2.40. The van der Waals surface area contributed by atoms with Crippen molar-refractivity contribution in [1.82, 2.24) is 13.7 Å². The first kappa shape index (κ1) is 51.0. The summed E-state index contributed by atoms with van der Waals surface area (Å²) < 4.78 is 8.37. The van der Waals surface area contributed by atoms with Gasteiger partial charge in [-0.25, -0.2) is 0 Å². The molecule has 3 aromatic heterocycles. The highest BCUT2D eigenvalue weighted by molar-refractivity contribution is 14.1. The summed E-state index contributed by atoms with van der Waals surface area (Å²) in [5, 5.41) is 7.44. The predicted octanol–water partition coefficient (Wildman–Crippen LogP) is 19.6. The molecule has 0 saturated carbocycles. The highest BCUT2D eigenvalue weighted by atomic mass is 127. The van der Waals surface area contributed by atoms with E-state index in [1.54, 1.807) is 0 Å². The fourth-order valence-electron chi connectivity index (χ4n) is 11.2. The van der Waals surface area contributed by atoms with Gasteiger partial charge in [0.1, 0.15) is 0 Å². The molecule has 12 rings (SSSR count). The molecule has 0 fully saturated rings. The maximum absolute atomic E-state index is 3.54. The second kappa shape index (κ2) is 18.7. The fraction of sp³-hybridized carbons (Fsp3) is 0.216. The zero-order valence-corrected chi connectivity index (χ0v) is 49.2. The predicted molar refractivity (Wildman–Crippen MR) is 342 cm³/mol. The van der Waals surface area contributed by atoms with E-state index in [1.807, 2.05) is 0 Å². The van der Waals surface area contributed by atoms with E-state index in [0.717, 1.165) is 61.1 Å². The summed E-state index contributed by atoms with van der Waals surface area (Å²) in [5.74, 6) is 14.1. The molecule has 384 valence electrons. The molecule has 3 nitrogen and oxygen atoms in total. The Hall–Kier alpha value is -7.77. The Morgan fingerprint density at radius 1 is 0.256 bits per heavy atom. The zero-order chi connectivity index (χ0) is 54.6. The highest BCUT2D eigenvalue weighted by Gasteiger charge is 2.23. The van der Waals surface area contributed by atoms with Crippen molar-refractivity contribution >= 4 is 88.0 Å². The molecule has 0 radical (unpaired) electrons. The van der Waals surface area contributed by atoms with Gasteiger partial charge in [-0.05, 0) is 224 Å². The molecule has 0 bridgehead atoms. The van der Waals surface area contributed by atoms with Gasteiger partial charge in [0.2, 0.25) is 0 Å². The van der Waals surface area contributed by atoms with Crippen LogP contribution in [-0.4, -0.2) is 13.7 Å². The van der Waals surface area contributed by atoms with Crippen LogP contribution in [0.1, 0.15) is 128 Å². The molecule has 0 aliphatic carbocycles. The zero-order valence-electron chi connectivity index (χ0n) is 47.0. The van der Waals surface area contributed by atoms with Gasteiger partial charge in [0, 0.05) is 75.2 Å². The van der Waals surface area contributed by atoms with E-state index in [-0.39, 0.29) is 21.7 Å². The van der Waals surface area contributed by atoms with Crippen LogP contribution in [0.3, 0.4) is 0 Å². The Morgan fingerprint density at radius 3 is 0.744 bits per heavy atom. The lowest BCUT2D eigenvalue weighted by molar-refractivity contribution is 0.590. The van der Waals surface area contributed by atoms with Crippen molar-refractivity contribution in [3.05, 3.63) is 230 Å². The third-order valence-electron chi connectivity index (χ3n) is 15.8. The fourth-order valence-corrected chi connectivity index (χ4v) is 11.6. The molecule has 12 aromatic rings. The summed E-state index contributed by atoms with van der Waals surface area (Å²) in [5.41, 5.74) is 19.9. The normalized spacial score (nSPS) is 12.5. The lowest BCUT2D eigenvalue weighted by Crippen LogP contribution is -2.10. The van der Waals surface area contributed by atoms with Crippen LogP contribution in [0.5, 0.6) is 0 Å². The van der Waals surface area contributed by atoms with Crippen molar-refractivity contribution in [3.63, 3.8) is 0 Å². The van der Waals surface area contributed by atoms with Crippen LogP contribution in [0.25, 0.3) is 82.5 Å². The molecule has 0 aliphatic heterocycles. The van der Waals surface area contributed by atoms with Gasteiger partial charge < -0.3 is 13.7 Å². The molecule has 9 aromatic carbocycles. The minimum atomic E-state index is 0.0481. The van der Waals surface area contributed by atoms with Gasteiger partial charge in [0.25, 0.3) is 0 Å². The molecule has 0 aliphatic rings. The van der Waals surface area contributed by atoms with Gasteiger partial charge in [-0.2, -0.15) is 0 Å². The summed E-state index contributed by atoms with van der Waals surface area (Å²) in [6.07, 6.45) is 0. The lowest BCUT2D eigenvalue weighted by atomic mass is 9.85. The van der Waals surface area contributed by atoms with E-state index in [9.17, 15) is 0 Å². The molecule has 0 unspecified atom stereocenters. The first-order chi connectivity index (χ1) is 37.1. The summed E-state index contributed by atoms with van der Waals surface area (Å²) >= 11 is 2.38. The van der Waals surface area contributed by atoms with Crippen molar-refractivity contribution in [2.75, 3.05) is 0 Å². The van der Waals surface area contributed by atoms with Crippen LogP contribution in [0, 0.1) is 27.3 Å². The Morgan fingerprint density at radius 2 is 0.474 bits per heavy atom. The van der Waals surface area contributed by atoms with Crippen molar-refractivity contribution in [2.45, 2.75) is 105 Å². The molecular weight excluding hydrogens is 1060 g/mol. The minimum absolute atomic E-state index is 0.0481. The Balaban J connectivity index is 0.881. The van der Waals surface area contributed by atoms with Crippen LogP contribution in [0.4, 0.5) is 0 Å². The SMILES string of the molecule is CC(C)(C)c1ccc2c(c1)c1cc(C(C)(C)C)ccc1n2-c1ccc(C#Cc2ccc3c(c2)c2cc(C#Cc4ccc(-n5c6ccc(C(C)(C)C)cc6c6cc(C(C)(C)C)ccc65)cc4)ccc2n3-c2ccc(I)cc2)cc1. The second-order valence-corrected chi connectivity index (χ2v) is 26.7. The van der Waals surface area contributed by atoms with E-state index in [4.69, 9.17) is 0 Å². The van der Waals surface area contributed by atoms with Crippen molar-refractivity contribution in [3.8, 4) is 40.7 Å². The van der Waals surface area contributed by atoms with Crippen molar-refractivity contribution < 1.29 is 0 Å². The molecule has 0 spiro atoms. The Labute approximate surface area is 474 Å². The summed E-state index contributed by atoms with van der Waals surface area (Å²) in [6, 6.07) is 67.4. The number of hydrogen-bond donors (Lipinski definition) is 0. The maximum Gasteiger partial charge on any atom is 0.0541 e. The number of fused-ring (bicyclic) bond motifs is 9. The number of rotatable bonds is 3. The van der Waals surface area contributed by atoms with Gasteiger partial charge in [-0.3, -0.25) is 0 Å². The van der Waals surface area contributed by atoms with Crippen LogP contribution in [-0.2, 0) is 21.7 Å². The molecule has 0 amide bonds. The standard InChI is InChI=1S/C74H66IN3/c1-71(2,3)51-23-37-67-61(43-51)62-44-52(72(4,5)6)24-38-68(62)76(67)56-29-17-47(18-30-56)13-15-49-21-35-65-59(41-49)60-42-50(22-36-66(60)78(65)58-33-27-55(75)28-34-58)16-14-48-19-31-57(32-20-48)77-69-39-25-53(73(7,8)9)45-63(69)64-46-54(74(10,11)12)26-40-70(64)77/h17-46H,1-12H3. The topological polar surface area (TPSA) is 14.8 Å². The number of hydrogen-bond acceptors (Lipinski definition) is 0. The lowest BCUT2D eigenvalue weighted by Gasteiger charge is -2.19. The monoisotopic (exact) mass is 1120 g/mol. The van der Waals surface area contributed by atoms with Crippen LogP contribution in [0.15, 0.2) is 182 Å². The van der Waals surface area contributed by atoms with E-state index < -0.39 is 0 Å². The van der Waals surface area contributed by atoms with Gasteiger partial charge in [0.15, 0.2) is 0 Å². The molecule has 78 heavy (non-hydrogen) atoms. The Kier molecular flexibility index (Phi) is 12.2.